The van der Waals surface area contributed by atoms with Crippen LogP contribution in [0.4, 0.5) is 0 Å². The van der Waals surface area contributed by atoms with Gasteiger partial charge in [0.2, 0.25) is 0 Å². The first kappa shape index (κ1) is 13.6. The van der Waals surface area contributed by atoms with Crippen molar-refractivity contribution in [2.45, 2.75) is 26.7 Å². The maximum atomic E-state index is 9.48. The van der Waals surface area contributed by atoms with Gasteiger partial charge < -0.3 is 0 Å². The molecule has 0 radical (unpaired) electrons. The summed E-state index contributed by atoms with van der Waals surface area (Å²) in [5.41, 5.74) is 5.36. The molecule has 1 nitrogen and oxygen atoms in total. The van der Waals surface area contributed by atoms with Crippen LogP contribution >= 0.6 is 11.6 Å². The first-order valence-electron chi connectivity index (χ1n) is 6.25. The molecule has 2 rings (SSSR count). The number of nitrogens with zero attached hydrogens (tertiary/aromatic N) is 1. The van der Waals surface area contributed by atoms with Crippen molar-refractivity contribution >= 4 is 11.6 Å². The average molecular weight is 270 g/mol. The highest BCUT2D eigenvalue weighted by molar-refractivity contribution is 6.31. The largest absolute Gasteiger partial charge is 0.197 e. The Kier molecular flexibility index (Phi) is 3.93. The normalized spacial score (nSPS) is 11.9. The summed E-state index contributed by atoms with van der Waals surface area (Å²) in [7, 11) is 0. The Morgan fingerprint density at radius 3 is 2.16 bits per heavy atom. The smallest absolute Gasteiger partial charge is 0.0977 e. The Bertz CT molecular complexity index is 636. The summed E-state index contributed by atoms with van der Waals surface area (Å²) in [6, 6.07) is 14.3. The summed E-state index contributed by atoms with van der Waals surface area (Å²) in [6.07, 6.45) is 0. The molecule has 0 amide bonds. The van der Waals surface area contributed by atoms with E-state index < -0.39 is 0 Å². The summed E-state index contributed by atoms with van der Waals surface area (Å²) in [6.45, 7) is 6.10. The summed E-state index contributed by atoms with van der Waals surface area (Å²) < 4.78 is 0. The SMILES string of the molecule is Cc1ccc(C(C#N)c2cc(C)c(C)cc2Cl)cc1. The number of aryl methyl sites for hydroxylation is 3. The third kappa shape index (κ3) is 2.80. The maximum Gasteiger partial charge on any atom is 0.0977 e. The van der Waals surface area contributed by atoms with Crippen LogP contribution in [0.15, 0.2) is 36.4 Å². The monoisotopic (exact) mass is 269 g/mol. The van der Waals surface area contributed by atoms with Crippen LogP contribution < -0.4 is 0 Å². The first-order chi connectivity index (χ1) is 9.02. The quantitative estimate of drug-likeness (QED) is 0.759. The van der Waals surface area contributed by atoms with Gasteiger partial charge in [-0.15, -0.1) is 0 Å². The minimum Gasteiger partial charge on any atom is -0.197 e. The van der Waals surface area contributed by atoms with E-state index in [4.69, 9.17) is 11.6 Å². The molecule has 0 aliphatic rings. The summed E-state index contributed by atoms with van der Waals surface area (Å²) >= 11 is 6.31. The van der Waals surface area contributed by atoms with Crippen LogP contribution in [0.25, 0.3) is 0 Å². The molecule has 0 spiro atoms. The molecular weight excluding hydrogens is 254 g/mol. The lowest BCUT2D eigenvalue weighted by molar-refractivity contribution is 1.03. The molecule has 0 saturated carbocycles. The third-order valence-corrected chi connectivity index (χ3v) is 3.79. The zero-order valence-corrected chi connectivity index (χ0v) is 12.1. The topological polar surface area (TPSA) is 23.8 Å². The molecule has 1 atom stereocenters. The van der Waals surface area contributed by atoms with E-state index >= 15 is 0 Å². The molecule has 2 aromatic rings. The third-order valence-electron chi connectivity index (χ3n) is 3.46. The minimum atomic E-state index is -0.313. The van der Waals surface area contributed by atoms with Gasteiger partial charge in [-0.05, 0) is 49.1 Å². The second kappa shape index (κ2) is 5.47. The Morgan fingerprint density at radius 2 is 1.58 bits per heavy atom. The van der Waals surface area contributed by atoms with Crippen LogP contribution in [0, 0.1) is 32.1 Å². The number of rotatable bonds is 2. The van der Waals surface area contributed by atoms with E-state index in [1.165, 1.54) is 5.56 Å². The van der Waals surface area contributed by atoms with E-state index in [-0.39, 0.29) is 5.92 Å². The minimum absolute atomic E-state index is 0.313. The Labute approximate surface area is 119 Å². The summed E-state index contributed by atoms with van der Waals surface area (Å²) in [5, 5.41) is 10.1. The van der Waals surface area contributed by atoms with E-state index in [9.17, 15) is 5.26 Å². The molecule has 2 aromatic carbocycles. The molecule has 96 valence electrons. The lowest BCUT2D eigenvalue weighted by atomic mass is 9.90. The maximum absolute atomic E-state index is 9.48. The van der Waals surface area contributed by atoms with E-state index in [2.05, 4.69) is 6.07 Å². The van der Waals surface area contributed by atoms with Gasteiger partial charge >= 0.3 is 0 Å². The van der Waals surface area contributed by atoms with E-state index in [1.807, 2.05) is 57.2 Å². The van der Waals surface area contributed by atoms with Gasteiger partial charge in [0.25, 0.3) is 0 Å². The predicted molar refractivity (Wildman–Crippen MR) is 79.6 cm³/mol. The molecule has 0 heterocycles. The van der Waals surface area contributed by atoms with Crippen LogP contribution in [-0.2, 0) is 0 Å². The molecule has 1 unspecified atom stereocenters. The molecule has 0 aliphatic heterocycles. The number of halogens is 1. The van der Waals surface area contributed by atoms with Crippen molar-refractivity contribution in [2.75, 3.05) is 0 Å². The Balaban J connectivity index is 2.52. The van der Waals surface area contributed by atoms with Crippen molar-refractivity contribution in [2.24, 2.45) is 0 Å². The lowest BCUT2D eigenvalue weighted by Gasteiger charge is -2.14. The van der Waals surface area contributed by atoms with Gasteiger partial charge in [0.05, 0.1) is 12.0 Å². The number of hydrogen-bond acceptors (Lipinski definition) is 1. The highest BCUT2D eigenvalue weighted by Crippen LogP contribution is 2.32. The number of hydrogen-bond donors (Lipinski definition) is 0. The molecule has 0 aromatic heterocycles. The summed E-state index contributed by atoms with van der Waals surface area (Å²) in [5.74, 6) is -0.313. The van der Waals surface area contributed by atoms with Crippen molar-refractivity contribution < 1.29 is 0 Å². The molecule has 0 bridgehead atoms. The zero-order valence-electron chi connectivity index (χ0n) is 11.4. The molecule has 0 N–H and O–H groups in total. The van der Waals surface area contributed by atoms with Crippen LogP contribution in [-0.4, -0.2) is 0 Å². The molecule has 0 saturated heterocycles. The average Bonchev–Trinajstić information content (AvgIpc) is 2.38. The second-order valence-electron chi connectivity index (χ2n) is 4.93. The van der Waals surface area contributed by atoms with Crippen LogP contribution in [0.2, 0.25) is 5.02 Å². The Morgan fingerprint density at radius 1 is 1.00 bits per heavy atom. The van der Waals surface area contributed by atoms with E-state index in [0.29, 0.717) is 5.02 Å². The van der Waals surface area contributed by atoms with Crippen molar-refractivity contribution in [3.8, 4) is 6.07 Å². The van der Waals surface area contributed by atoms with Crippen LogP contribution in [0.1, 0.15) is 33.7 Å². The van der Waals surface area contributed by atoms with Gasteiger partial charge in [-0.25, -0.2) is 0 Å². The van der Waals surface area contributed by atoms with Crippen molar-refractivity contribution in [1.29, 1.82) is 5.26 Å². The first-order valence-corrected chi connectivity index (χ1v) is 6.63. The van der Waals surface area contributed by atoms with Crippen LogP contribution in [0.3, 0.4) is 0 Å². The van der Waals surface area contributed by atoms with Gasteiger partial charge in [-0.2, -0.15) is 5.26 Å². The van der Waals surface area contributed by atoms with Crippen molar-refractivity contribution in [3.63, 3.8) is 0 Å². The van der Waals surface area contributed by atoms with Gasteiger partial charge in [-0.1, -0.05) is 47.5 Å². The van der Waals surface area contributed by atoms with Gasteiger partial charge in [0.1, 0.15) is 0 Å². The predicted octanol–water partition coefficient (Wildman–Crippen LogP) is 4.92. The Hall–Kier alpha value is -1.78. The van der Waals surface area contributed by atoms with Crippen molar-refractivity contribution in [1.82, 2.24) is 0 Å². The lowest BCUT2D eigenvalue weighted by Crippen LogP contribution is -2.00. The fourth-order valence-corrected chi connectivity index (χ4v) is 2.43. The summed E-state index contributed by atoms with van der Waals surface area (Å²) in [4.78, 5) is 0. The fourth-order valence-electron chi connectivity index (χ4n) is 2.11. The van der Waals surface area contributed by atoms with E-state index in [1.54, 1.807) is 0 Å². The zero-order chi connectivity index (χ0) is 14.0. The van der Waals surface area contributed by atoms with Gasteiger partial charge in [-0.3, -0.25) is 0 Å². The van der Waals surface area contributed by atoms with Gasteiger partial charge in [0, 0.05) is 5.02 Å². The molecular formula is C17H16ClN. The molecule has 19 heavy (non-hydrogen) atoms. The van der Waals surface area contributed by atoms with Crippen molar-refractivity contribution in [3.05, 3.63) is 69.2 Å². The van der Waals surface area contributed by atoms with E-state index in [0.717, 1.165) is 22.3 Å². The fraction of sp³-hybridized carbons (Fsp3) is 0.235. The molecule has 0 fully saturated rings. The second-order valence-corrected chi connectivity index (χ2v) is 5.34. The standard InChI is InChI=1S/C17H16ClN/c1-11-4-6-14(7-5-11)16(10-19)15-8-12(2)13(3)9-17(15)18/h4-9,16H,1-3H3. The number of nitriles is 1. The highest BCUT2D eigenvalue weighted by atomic mass is 35.5. The van der Waals surface area contributed by atoms with Crippen LogP contribution in [0.5, 0.6) is 0 Å². The highest BCUT2D eigenvalue weighted by Gasteiger charge is 2.17. The molecule has 0 aliphatic carbocycles. The van der Waals surface area contributed by atoms with Gasteiger partial charge in [0.15, 0.2) is 0 Å². The number of benzene rings is 2. The molecule has 2 heteroatoms.